The third kappa shape index (κ3) is 3.02. The number of piperazine rings is 1. The molecule has 0 atom stereocenters. The monoisotopic (exact) mass is 279 g/mol. The lowest BCUT2D eigenvalue weighted by Crippen LogP contribution is -2.58. The van der Waals surface area contributed by atoms with Gasteiger partial charge in [0.2, 0.25) is 0 Å². The van der Waals surface area contributed by atoms with Crippen LogP contribution in [0.3, 0.4) is 0 Å². The highest BCUT2D eigenvalue weighted by atomic mass is 32.1. The van der Waals surface area contributed by atoms with E-state index in [9.17, 15) is 0 Å². The molecule has 1 saturated heterocycles. The van der Waals surface area contributed by atoms with Crippen LogP contribution in [0.5, 0.6) is 0 Å². The van der Waals surface area contributed by atoms with E-state index >= 15 is 0 Å². The molecular weight excluding hydrogens is 254 g/mol. The molecule has 2 aliphatic heterocycles. The number of thiophene rings is 1. The summed E-state index contributed by atoms with van der Waals surface area (Å²) in [6.07, 6.45) is 1.24. The number of fused-ring (bicyclic) bond motifs is 1. The second-order valence-electron chi connectivity index (χ2n) is 6.38. The van der Waals surface area contributed by atoms with Crippen molar-refractivity contribution in [2.45, 2.75) is 32.4 Å². The molecule has 0 bridgehead atoms. The lowest BCUT2D eigenvalue weighted by Gasteiger charge is -2.44. The topological polar surface area (TPSA) is 18.5 Å². The van der Waals surface area contributed by atoms with Crippen molar-refractivity contribution in [3.05, 3.63) is 21.9 Å². The van der Waals surface area contributed by atoms with Gasteiger partial charge in [0.15, 0.2) is 0 Å². The fraction of sp³-hybridized carbons (Fsp3) is 0.733. The summed E-state index contributed by atoms with van der Waals surface area (Å²) >= 11 is 1.93. The molecule has 1 aromatic rings. The van der Waals surface area contributed by atoms with E-state index in [2.05, 4.69) is 40.4 Å². The van der Waals surface area contributed by atoms with Crippen molar-refractivity contribution in [3.8, 4) is 0 Å². The zero-order chi connectivity index (χ0) is 13.3. The zero-order valence-electron chi connectivity index (χ0n) is 12.1. The summed E-state index contributed by atoms with van der Waals surface area (Å²) in [6, 6.07) is 2.31. The van der Waals surface area contributed by atoms with Crippen LogP contribution in [0, 0.1) is 0 Å². The van der Waals surface area contributed by atoms with Crippen LogP contribution in [-0.2, 0) is 13.0 Å². The molecule has 0 spiro atoms. The van der Waals surface area contributed by atoms with Crippen molar-refractivity contribution in [2.24, 2.45) is 0 Å². The molecular formula is C15H25N3S. The Morgan fingerprint density at radius 2 is 2.05 bits per heavy atom. The Balaban J connectivity index is 1.61. The predicted molar refractivity (Wildman–Crippen MR) is 81.8 cm³/mol. The van der Waals surface area contributed by atoms with Gasteiger partial charge in [0.1, 0.15) is 0 Å². The minimum atomic E-state index is 0.287. The molecule has 3 rings (SSSR count). The average molecular weight is 279 g/mol. The summed E-state index contributed by atoms with van der Waals surface area (Å²) in [7, 11) is 0. The standard InChI is InChI=1S/C15H25N3S/c1-15(2,18-8-5-16-6-9-18)12-17-7-3-14-13(11-17)4-10-19-14/h4,10,16H,3,5-9,11-12H2,1-2H3. The van der Waals surface area contributed by atoms with E-state index in [-0.39, 0.29) is 5.54 Å². The molecule has 106 valence electrons. The number of nitrogens with one attached hydrogen (secondary N) is 1. The molecule has 1 N–H and O–H groups in total. The second-order valence-corrected chi connectivity index (χ2v) is 7.38. The molecule has 1 aromatic heterocycles. The lowest BCUT2D eigenvalue weighted by atomic mass is 9.99. The van der Waals surface area contributed by atoms with Crippen molar-refractivity contribution in [2.75, 3.05) is 39.3 Å². The van der Waals surface area contributed by atoms with Gasteiger partial charge in [-0.3, -0.25) is 9.80 Å². The third-order valence-corrected chi connectivity index (χ3v) is 5.49. The van der Waals surface area contributed by atoms with Crippen molar-refractivity contribution < 1.29 is 0 Å². The lowest BCUT2D eigenvalue weighted by molar-refractivity contribution is 0.0588. The van der Waals surface area contributed by atoms with Crippen LogP contribution in [0.25, 0.3) is 0 Å². The molecule has 0 unspecified atom stereocenters. The summed E-state index contributed by atoms with van der Waals surface area (Å²) in [5.41, 5.74) is 1.85. The van der Waals surface area contributed by atoms with Crippen molar-refractivity contribution in [1.82, 2.24) is 15.1 Å². The van der Waals surface area contributed by atoms with Gasteiger partial charge in [0.05, 0.1) is 0 Å². The van der Waals surface area contributed by atoms with E-state index in [1.165, 1.54) is 32.6 Å². The molecule has 0 saturated carbocycles. The average Bonchev–Trinajstić information content (AvgIpc) is 2.87. The number of nitrogens with zero attached hydrogens (tertiary/aromatic N) is 2. The van der Waals surface area contributed by atoms with Gasteiger partial charge < -0.3 is 5.32 Å². The molecule has 0 radical (unpaired) electrons. The van der Waals surface area contributed by atoms with E-state index < -0.39 is 0 Å². The zero-order valence-corrected chi connectivity index (χ0v) is 12.9. The summed E-state index contributed by atoms with van der Waals surface area (Å²) in [6.45, 7) is 13.0. The molecule has 0 aromatic carbocycles. The molecule has 3 heterocycles. The minimum Gasteiger partial charge on any atom is -0.314 e. The number of hydrogen-bond acceptors (Lipinski definition) is 4. The highest BCUT2D eigenvalue weighted by Crippen LogP contribution is 2.26. The molecule has 3 nitrogen and oxygen atoms in total. The Kier molecular flexibility index (Phi) is 3.94. The molecule has 19 heavy (non-hydrogen) atoms. The van der Waals surface area contributed by atoms with Gasteiger partial charge >= 0.3 is 0 Å². The fourth-order valence-electron chi connectivity index (χ4n) is 3.36. The first-order valence-corrected chi connectivity index (χ1v) is 8.26. The minimum absolute atomic E-state index is 0.287. The first kappa shape index (κ1) is 13.6. The van der Waals surface area contributed by atoms with Gasteiger partial charge in [-0.15, -0.1) is 11.3 Å². The normalized spacial score (nSPS) is 22.4. The Morgan fingerprint density at radius 1 is 1.26 bits per heavy atom. The van der Waals surface area contributed by atoms with E-state index in [0.29, 0.717) is 0 Å². The van der Waals surface area contributed by atoms with Crippen molar-refractivity contribution in [3.63, 3.8) is 0 Å². The van der Waals surface area contributed by atoms with Gasteiger partial charge in [0, 0.05) is 56.2 Å². The van der Waals surface area contributed by atoms with Crippen LogP contribution < -0.4 is 5.32 Å². The van der Waals surface area contributed by atoms with Crippen LogP contribution in [0.15, 0.2) is 11.4 Å². The third-order valence-electron chi connectivity index (χ3n) is 4.47. The largest absolute Gasteiger partial charge is 0.314 e. The van der Waals surface area contributed by atoms with Gasteiger partial charge in [-0.05, 0) is 37.3 Å². The fourth-order valence-corrected chi connectivity index (χ4v) is 4.25. The van der Waals surface area contributed by atoms with Crippen molar-refractivity contribution in [1.29, 1.82) is 0 Å². The van der Waals surface area contributed by atoms with Crippen LogP contribution in [0.2, 0.25) is 0 Å². The van der Waals surface area contributed by atoms with Gasteiger partial charge in [0.25, 0.3) is 0 Å². The quantitative estimate of drug-likeness (QED) is 0.910. The molecule has 0 aliphatic carbocycles. The van der Waals surface area contributed by atoms with Crippen LogP contribution >= 0.6 is 11.3 Å². The SMILES string of the molecule is CC(C)(CN1CCc2sccc2C1)N1CCNCC1. The van der Waals surface area contributed by atoms with Gasteiger partial charge in [-0.25, -0.2) is 0 Å². The summed E-state index contributed by atoms with van der Waals surface area (Å²) < 4.78 is 0. The molecule has 1 fully saturated rings. The Morgan fingerprint density at radius 3 is 2.84 bits per heavy atom. The maximum Gasteiger partial charge on any atom is 0.0281 e. The number of hydrogen-bond donors (Lipinski definition) is 1. The smallest absolute Gasteiger partial charge is 0.0281 e. The first-order chi connectivity index (χ1) is 9.15. The molecule has 4 heteroatoms. The Bertz CT molecular complexity index is 421. The van der Waals surface area contributed by atoms with E-state index in [1.54, 1.807) is 10.4 Å². The van der Waals surface area contributed by atoms with Crippen LogP contribution in [0.4, 0.5) is 0 Å². The Hall–Kier alpha value is -0.420. The van der Waals surface area contributed by atoms with Gasteiger partial charge in [-0.1, -0.05) is 0 Å². The van der Waals surface area contributed by atoms with Crippen molar-refractivity contribution >= 4 is 11.3 Å². The summed E-state index contributed by atoms with van der Waals surface area (Å²) in [4.78, 5) is 6.89. The highest BCUT2D eigenvalue weighted by molar-refractivity contribution is 7.10. The molecule has 2 aliphatic rings. The van der Waals surface area contributed by atoms with Crippen LogP contribution in [0.1, 0.15) is 24.3 Å². The maximum absolute atomic E-state index is 3.45. The highest BCUT2D eigenvalue weighted by Gasteiger charge is 2.31. The van der Waals surface area contributed by atoms with Crippen LogP contribution in [-0.4, -0.2) is 54.6 Å². The second kappa shape index (κ2) is 5.52. The number of rotatable bonds is 3. The Labute approximate surface area is 120 Å². The maximum atomic E-state index is 3.45. The summed E-state index contributed by atoms with van der Waals surface area (Å²) in [5.74, 6) is 0. The molecule has 0 amide bonds. The van der Waals surface area contributed by atoms with E-state index in [4.69, 9.17) is 0 Å². The van der Waals surface area contributed by atoms with E-state index in [1.807, 2.05) is 11.3 Å². The first-order valence-electron chi connectivity index (χ1n) is 7.38. The van der Waals surface area contributed by atoms with E-state index in [0.717, 1.165) is 19.6 Å². The van der Waals surface area contributed by atoms with Gasteiger partial charge in [-0.2, -0.15) is 0 Å². The summed E-state index contributed by atoms with van der Waals surface area (Å²) in [5, 5.41) is 5.69. The predicted octanol–water partition coefficient (Wildman–Crippen LogP) is 1.79.